The van der Waals surface area contributed by atoms with Crippen molar-refractivity contribution in [3.63, 3.8) is 0 Å². The maximum atomic E-state index is 3.43. The van der Waals surface area contributed by atoms with Crippen LogP contribution in [0.1, 0.15) is 57.6 Å². The number of nitrogens with one attached hydrogen (secondary N) is 1. The van der Waals surface area contributed by atoms with Crippen LogP contribution in [0.25, 0.3) is 0 Å². The van der Waals surface area contributed by atoms with Crippen LogP contribution in [0.15, 0.2) is 24.3 Å². The van der Waals surface area contributed by atoms with Gasteiger partial charge in [-0.25, -0.2) is 0 Å². The highest BCUT2D eigenvalue weighted by atomic mass is 15.2. The number of benzene rings is 1. The number of likely N-dealkylation sites (N-methyl/N-ethyl adjacent to an activating group) is 1. The van der Waals surface area contributed by atoms with Gasteiger partial charge in [-0.15, -0.1) is 0 Å². The summed E-state index contributed by atoms with van der Waals surface area (Å²) >= 11 is 0. The van der Waals surface area contributed by atoms with Gasteiger partial charge in [-0.2, -0.15) is 0 Å². The zero-order valence-corrected chi connectivity index (χ0v) is 14.2. The van der Waals surface area contributed by atoms with Crippen molar-refractivity contribution in [2.45, 2.75) is 59.0 Å². The molecule has 1 N–H and O–H groups in total. The molecule has 2 heteroatoms. The fraction of sp³-hybridized carbons (Fsp3) is 0.684. The Kier molecular flexibility index (Phi) is 6.25. The van der Waals surface area contributed by atoms with E-state index in [9.17, 15) is 0 Å². The first-order chi connectivity index (χ1) is 10.1. The standard InChI is InChI=1S/C19H32N2/c1-5-20-12-16(3)19-10-8-18(9-11-19)14-21-13-15(2)6-7-17(21)4/h8-11,15-17,20H,5-7,12-14H2,1-4H3. The minimum absolute atomic E-state index is 0.591. The number of hydrogen-bond donors (Lipinski definition) is 1. The van der Waals surface area contributed by atoms with Crippen molar-refractivity contribution in [3.05, 3.63) is 35.4 Å². The number of nitrogens with zero attached hydrogens (tertiary/aromatic N) is 1. The molecule has 1 saturated heterocycles. The van der Waals surface area contributed by atoms with Crippen LogP contribution in [0.2, 0.25) is 0 Å². The summed E-state index contributed by atoms with van der Waals surface area (Å²) in [6, 6.07) is 10.0. The Morgan fingerprint density at radius 1 is 1.19 bits per heavy atom. The van der Waals surface area contributed by atoms with Gasteiger partial charge in [-0.05, 0) is 49.3 Å². The molecule has 1 aliphatic heterocycles. The van der Waals surface area contributed by atoms with Crippen LogP contribution in [0.4, 0.5) is 0 Å². The Morgan fingerprint density at radius 3 is 2.57 bits per heavy atom. The Hall–Kier alpha value is -0.860. The number of hydrogen-bond acceptors (Lipinski definition) is 2. The molecule has 2 rings (SSSR count). The lowest BCUT2D eigenvalue weighted by molar-refractivity contribution is 0.117. The third kappa shape index (κ3) is 4.82. The third-order valence-corrected chi connectivity index (χ3v) is 4.88. The van der Waals surface area contributed by atoms with Gasteiger partial charge in [0.15, 0.2) is 0 Å². The Bertz CT molecular complexity index is 412. The van der Waals surface area contributed by atoms with Crippen molar-refractivity contribution in [3.8, 4) is 0 Å². The topological polar surface area (TPSA) is 15.3 Å². The van der Waals surface area contributed by atoms with E-state index in [-0.39, 0.29) is 0 Å². The molecule has 3 unspecified atom stereocenters. The predicted molar refractivity (Wildman–Crippen MR) is 91.7 cm³/mol. The van der Waals surface area contributed by atoms with Gasteiger partial charge in [-0.3, -0.25) is 4.90 Å². The molecular weight excluding hydrogens is 256 g/mol. The van der Waals surface area contributed by atoms with Gasteiger partial charge in [0.25, 0.3) is 0 Å². The molecule has 1 aromatic carbocycles. The fourth-order valence-corrected chi connectivity index (χ4v) is 3.27. The Balaban J connectivity index is 1.92. The van der Waals surface area contributed by atoms with Crippen LogP contribution >= 0.6 is 0 Å². The average molecular weight is 288 g/mol. The van der Waals surface area contributed by atoms with Crippen molar-refractivity contribution in [2.75, 3.05) is 19.6 Å². The molecule has 21 heavy (non-hydrogen) atoms. The minimum Gasteiger partial charge on any atom is -0.316 e. The van der Waals surface area contributed by atoms with Crippen molar-refractivity contribution >= 4 is 0 Å². The molecule has 2 nitrogen and oxygen atoms in total. The van der Waals surface area contributed by atoms with Gasteiger partial charge >= 0.3 is 0 Å². The van der Waals surface area contributed by atoms with Gasteiger partial charge in [-0.1, -0.05) is 45.0 Å². The molecular formula is C19H32N2. The largest absolute Gasteiger partial charge is 0.316 e. The second-order valence-electron chi connectivity index (χ2n) is 6.91. The SMILES string of the molecule is CCNCC(C)c1ccc(CN2CC(C)CCC2C)cc1. The summed E-state index contributed by atoms with van der Waals surface area (Å²) in [5.74, 6) is 1.44. The van der Waals surface area contributed by atoms with E-state index in [1.165, 1.54) is 30.5 Å². The number of rotatable bonds is 6. The van der Waals surface area contributed by atoms with Crippen molar-refractivity contribution in [2.24, 2.45) is 5.92 Å². The predicted octanol–water partition coefficient (Wildman–Crippen LogP) is 4.02. The van der Waals surface area contributed by atoms with Gasteiger partial charge in [0.05, 0.1) is 0 Å². The first-order valence-corrected chi connectivity index (χ1v) is 8.63. The van der Waals surface area contributed by atoms with E-state index < -0.39 is 0 Å². The third-order valence-electron chi connectivity index (χ3n) is 4.88. The maximum absolute atomic E-state index is 3.43. The van der Waals surface area contributed by atoms with Gasteiger partial charge < -0.3 is 5.32 Å². The molecule has 0 radical (unpaired) electrons. The molecule has 1 aromatic rings. The molecule has 0 spiro atoms. The van der Waals surface area contributed by atoms with Gasteiger partial charge in [0.1, 0.15) is 0 Å². The molecule has 1 aliphatic rings. The summed E-state index contributed by atoms with van der Waals surface area (Å²) in [5, 5.41) is 3.43. The summed E-state index contributed by atoms with van der Waals surface area (Å²) in [6.45, 7) is 13.7. The molecule has 1 fully saturated rings. The molecule has 0 aliphatic carbocycles. The lowest BCUT2D eigenvalue weighted by atomic mass is 9.94. The normalized spacial score (nSPS) is 25.0. The number of likely N-dealkylation sites (tertiary alicyclic amines) is 1. The molecule has 0 bridgehead atoms. The number of piperidine rings is 1. The highest BCUT2D eigenvalue weighted by Gasteiger charge is 2.22. The highest BCUT2D eigenvalue weighted by Crippen LogP contribution is 2.24. The summed E-state index contributed by atoms with van der Waals surface area (Å²) in [7, 11) is 0. The van der Waals surface area contributed by atoms with Gasteiger partial charge in [0, 0.05) is 25.7 Å². The molecule has 0 saturated carbocycles. The summed E-state index contributed by atoms with van der Waals surface area (Å²) in [5.41, 5.74) is 2.90. The minimum atomic E-state index is 0.591. The summed E-state index contributed by atoms with van der Waals surface area (Å²) in [4.78, 5) is 2.64. The van der Waals surface area contributed by atoms with Crippen LogP contribution in [-0.4, -0.2) is 30.6 Å². The van der Waals surface area contributed by atoms with E-state index in [0.29, 0.717) is 5.92 Å². The van der Waals surface area contributed by atoms with Crippen LogP contribution in [0.3, 0.4) is 0 Å². The molecule has 0 amide bonds. The van der Waals surface area contributed by atoms with E-state index in [1.807, 2.05) is 0 Å². The van der Waals surface area contributed by atoms with Crippen LogP contribution in [0, 0.1) is 5.92 Å². The zero-order valence-electron chi connectivity index (χ0n) is 14.2. The first kappa shape index (κ1) is 16.5. The molecule has 0 aromatic heterocycles. The van der Waals surface area contributed by atoms with Crippen molar-refractivity contribution in [1.82, 2.24) is 10.2 Å². The quantitative estimate of drug-likeness (QED) is 0.850. The van der Waals surface area contributed by atoms with E-state index in [0.717, 1.165) is 31.6 Å². The van der Waals surface area contributed by atoms with Gasteiger partial charge in [0.2, 0.25) is 0 Å². The van der Waals surface area contributed by atoms with E-state index in [4.69, 9.17) is 0 Å². The average Bonchev–Trinajstić information content (AvgIpc) is 2.49. The van der Waals surface area contributed by atoms with E-state index >= 15 is 0 Å². The van der Waals surface area contributed by atoms with Crippen molar-refractivity contribution in [1.29, 1.82) is 0 Å². The van der Waals surface area contributed by atoms with Crippen LogP contribution in [-0.2, 0) is 6.54 Å². The fourth-order valence-electron chi connectivity index (χ4n) is 3.27. The zero-order chi connectivity index (χ0) is 15.2. The van der Waals surface area contributed by atoms with Crippen LogP contribution in [0.5, 0.6) is 0 Å². The van der Waals surface area contributed by atoms with Crippen LogP contribution < -0.4 is 5.32 Å². The Labute approximate surface area is 130 Å². The maximum Gasteiger partial charge on any atom is 0.0236 e. The monoisotopic (exact) mass is 288 g/mol. The first-order valence-electron chi connectivity index (χ1n) is 8.63. The van der Waals surface area contributed by atoms with E-state index in [2.05, 4.69) is 62.2 Å². The smallest absolute Gasteiger partial charge is 0.0236 e. The molecule has 118 valence electrons. The van der Waals surface area contributed by atoms with E-state index in [1.54, 1.807) is 0 Å². The highest BCUT2D eigenvalue weighted by molar-refractivity contribution is 5.25. The van der Waals surface area contributed by atoms with Crippen molar-refractivity contribution < 1.29 is 0 Å². The second kappa shape index (κ2) is 7.95. The molecule has 1 heterocycles. The molecule has 3 atom stereocenters. The Morgan fingerprint density at radius 2 is 1.90 bits per heavy atom. The lowest BCUT2D eigenvalue weighted by Crippen LogP contribution is -2.40. The summed E-state index contributed by atoms with van der Waals surface area (Å²) < 4.78 is 0. The summed E-state index contributed by atoms with van der Waals surface area (Å²) in [6.07, 6.45) is 2.73. The lowest BCUT2D eigenvalue weighted by Gasteiger charge is -2.36. The second-order valence-corrected chi connectivity index (χ2v) is 6.91.